The highest BCUT2D eigenvalue weighted by molar-refractivity contribution is 7.89. The number of aromatic amines is 1. The average Bonchev–Trinajstić information content (AvgIpc) is 3.48. The zero-order chi connectivity index (χ0) is 21.0. The third kappa shape index (κ3) is 4.45. The van der Waals surface area contributed by atoms with Gasteiger partial charge in [-0.05, 0) is 36.2 Å². The van der Waals surface area contributed by atoms with E-state index in [9.17, 15) is 13.2 Å². The van der Waals surface area contributed by atoms with Crippen LogP contribution in [0.1, 0.15) is 16.1 Å². The highest BCUT2D eigenvalue weighted by Gasteiger charge is 2.27. The Morgan fingerprint density at radius 1 is 1.20 bits per heavy atom. The number of H-pyrrole nitrogens is 1. The molecule has 0 atom stereocenters. The third-order valence-corrected chi connectivity index (χ3v) is 6.79. The number of benzene rings is 1. The van der Waals surface area contributed by atoms with Gasteiger partial charge in [0.15, 0.2) is 0 Å². The molecule has 1 amide bonds. The fraction of sp³-hybridized carbons (Fsp3) is 0.300. The van der Waals surface area contributed by atoms with Gasteiger partial charge in [0.1, 0.15) is 10.6 Å². The lowest BCUT2D eigenvalue weighted by molar-refractivity contribution is 0.0730. The summed E-state index contributed by atoms with van der Waals surface area (Å²) < 4.78 is 33.6. The molecule has 9 nitrogen and oxygen atoms in total. The highest BCUT2D eigenvalue weighted by Crippen LogP contribution is 2.18. The Morgan fingerprint density at radius 3 is 2.67 bits per heavy atom. The molecular formula is C20H23N5O4S. The van der Waals surface area contributed by atoms with Crippen LogP contribution in [-0.2, 0) is 21.2 Å². The predicted octanol–water partition coefficient (Wildman–Crippen LogP) is 1.19. The molecule has 30 heavy (non-hydrogen) atoms. The molecule has 1 aromatic carbocycles. The summed E-state index contributed by atoms with van der Waals surface area (Å²) in [5.41, 5.74) is 2.26. The second-order valence-corrected chi connectivity index (χ2v) is 8.83. The zero-order valence-electron chi connectivity index (χ0n) is 16.3. The van der Waals surface area contributed by atoms with Crippen molar-refractivity contribution in [1.82, 2.24) is 24.4 Å². The van der Waals surface area contributed by atoms with Gasteiger partial charge in [0.05, 0.1) is 18.9 Å². The topological polar surface area (TPSA) is 109 Å². The van der Waals surface area contributed by atoms with E-state index in [1.165, 1.54) is 16.6 Å². The van der Waals surface area contributed by atoms with Crippen molar-refractivity contribution in [2.75, 3.05) is 32.8 Å². The van der Waals surface area contributed by atoms with Crippen molar-refractivity contribution in [3.63, 3.8) is 0 Å². The molecule has 2 aromatic heterocycles. The van der Waals surface area contributed by atoms with Crippen molar-refractivity contribution in [1.29, 1.82) is 0 Å². The summed E-state index contributed by atoms with van der Waals surface area (Å²) in [6.45, 7) is 1.81. The van der Waals surface area contributed by atoms with Crippen molar-refractivity contribution in [2.45, 2.75) is 11.3 Å². The van der Waals surface area contributed by atoms with Crippen LogP contribution in [0.5, 0.6) is 0 Å². The molecule has 0 aliphatic carbocycles. The summed E-state index contributed by atoms with van der Waals surface area (Å²) in [4.78, 5) is 15.2. The summed E-state index contributed by atoms with van der Waals surface area (Å²) in [6.07, 6.45) is 5.61. The van der Waals surface area contributed by atoms with E-state index in [1.807, 2.05) is 36.5 Å². The number of rotatable bonds is 7. The van der Waals surface area contributed by atoms with Crippen LogP contribution in [0.3, 0.4) is 0 Å². The SMILES string of the molecule is O=C(NCCc1ccc(-n2cccn2)cc1)c1cc(S(=O)(=O)N2CCOCC2)c[nH]1. The van der Waals surface area contributed by atoms with Crippen molar-refractivity contribution < 1.29 is 17.9 Å². The zero-order valence-corrected chi connectivity index (χ0v) is 17.1. The van der Waals surface area contributed by atoms with Gasteiger partial charge in [-0.15, -0.1) is 0 Å². The first-order valence-corrected chi connectivity index (χ1v) is 11.1. The molecule has 1 aliphatic rings. The Morgan fingerprint density at radius 2 is 1.97 bits per heavy atom. The number of hydrogen-bond donors (Lipinski definition) is 2. The standard InChI is InChI=1S/C20H23N5O4S/c26-20(19-14-18(15-22-19)30(27,28)24-10-12-29-13-11-24)21-8-6-16-2-4-17(5-3-16)25-9-1-7-23-25/h1-5,7,9,14-15,22H,6,8,10-13H2,(H,21,26). The number of nitrogens with zero attached hydrogens (tertiary/aromatic N) is 3. The maximum atomic E-state index is 12.6. The number of amides is 1. The van der Waals surface area contributed by atoms with Crippen LogP contribution in [0.15, 0.2) is 59.9 Å². The van der Waals surface area contributed by atoms with E-state index in [0.29, 0.717) is 39.3 Å². The van der Waals surface area contributed by atoms with Crippen LogP contribution in [0.4, 0.5) is 0 Å². The molecule has 3 heterocycles. The molecule has 0 radical (unpaired) electrons. The molecule has 4 rings (SSSR count). The van der Waals surface area contributed by atoms with Gasteiger partial charge < -0.3 is 15.0 Å². The van der Waals surface area contributed by atoms with E-state index in [4.69, 9.17) is 4.74 Å². The Labute approximate surface area is 174 Å². The van der Waals surface area contributed by atoms with Crippen LogP contribution in [0.2, 0.25) is 0 Å². The molecule has 0 spiro atoms. The third-order valence-electron chi connectivity index (χ3n) is 4.91. The Bertz CT molecular complexity index is 1080. The van der Waals surface area contributed by atoms with E-state index in [1.54, 1.807) is 10.9 Å². The van der Waals surface area contributed by atoms with E-state index in [-0.39, 0.29) is 16.5 Å². The number of sulfonamides is 1. The van der Waals surface area contributed by atoms with Gasteiger partial charge in [-0.2, -0.15) is 9.40 Å². The maximum absolute atomic E-state index is 12.6. The van der Waals surface area contributed by atoms with Crippen LogP contribution in [0.25, 0.3) is 5.69 Å². The fourth-order valence-corrected chi connectivity index (χ4v) is 4.65. The smallest absolute Gasteiger partial charge is 0.267 e. The quantitative estimate of drug-likeness (QED) is 0.586. The summed E-state index contributed by atoms with van der Waals surface area (Å²) in [5, 5.41) is 7.01. The molecule has 1 fully saturated rings. The maximum Gasteiger partial charge on any atom is 0.267 e. The monoisotopic (exact) mass is 429 g/mol. The van der Waals surface area contributed by atoms with E-state index < -0.39 is 10.0 Å². The average molecular weight is 430 g/mol. The number of carbonyl (C=O) groups excluding carboxylic acids is 1. The minimum Gasteiger partial charge on any atom is -0.379 e. The molecule has 0 unspecified atom stereocenters. The Hall–Kier alpha value is -2.95. The number of hydrogen-bond acceptors (Lipinski definition) is 5. The number of carbonyl (C=O) groups is 1. The first-order valence-electron chi connectivity index (χ1n) is 9.67. The minimum absolute atomic E-state index is 0.0868. The summed E-state index contributed by atoms with van der Waals surface area (Å²) in [5.74, 6) is -0.341. The summed E-state index contributed by atoms with van der Waals surface area (Å²) >= 11 is 0. The molecule has 10 heteroatoms. The minimum atomic E-state index is -3.63. The molecule has 1 saturated heterocycles. The van der Waals surface area contributed by atoms with Gasteiger partial charge >= 0.3 is 0 Å². The first-order chi connectivity index (χ1) is 14.5. The molecule has 158 valence electrons. The molecule has 2 N–H and O–H groups in total. The molecular weight excluding hydrogens is 406 g/mol. The molecule has 1 aliphatic heterocycles. The Balaban J connectivity index is 1.31. The van der Waals surface area contributed by atoms with Gasteiger partial charge in [0, 0.05) is 38.2 Å². The van der Waals surface area contributed by atoms with E-state index in [0.717, 1.165) is 11.3 Å². The number of aromatic nitrogens is 3. The Kier molecular flexibility index (Phi) is 5.98. The second kappa shape index (κ2) is 8.82. The normalized spacial score (nSPS) is 15.2. The second-order valence-electron chi connectivity index (χ2n) is 6.89. The van der Waals surface area contributed by atoms with Crippen molar-refractivity contribution in [3.05, 3.63) is 66.2 Å². The van der Waals surface area contributed by atoms with Crippen molar-refractivity contribution in [3.8, 4) is 5.69 Å². The number of morpholine rings is 1. The molecule has 0 saturated carbocycles. The van der Waals surface area contributed by atoms with Crippen LogP contribution in [0, 0.1) is 0 Å². The highest BCUT2D eigenvalue weighted by atomic mass is 32.2. The van der Waals surface area contributed by atoms with Gasteiger partial charge in [0.25, 0.3) is 5.91 Å². The van der Waals surface area contributed by atoms with Crippen molar-refractivity contribution >= 4 is 15.9 Å². The molecule has 0 bridgehead atoms. The van der Waals surface area contributed by atoms with Gasteiger partial charge in [0.2, 0.25) is 10.0 Å². The first kappa shape index (κ1) is 20.3. The largest absolute Gasteiger partial charge is 0.379 e. The van der Waals surface area contributed by atoms with Gasteiger partial charge in [-0.1, -0.05) is 12.1 Å². The van der Waals surface area contributed by atoms with E-state index in [2.05, 4.69) is 15.4 Å². The summed E-state index contributed by atoms with van der Waals surface area (Å²) in [6, 6.07) is 11.2. The fourth-order valence-electron chi connectivity index (χ4n) is 3.24. The summed E-state index contributed by atoms with van der Waals surface area (Å²) in [7, 11) is -3.63. The van der Waals surface area contributed by atoms with Crippen LogP contribution < -0.4 is 5.32 Å². The predicted molar refractivity (Wildman–Crippen MR) is 110 cm³/mol. The van der Waals surface area contributed by atoms with Crippen molar-refractivity contribution in [2.24, 2.45) is 0 Å². The number of ether oxygens (including phenoxy) is 1. The number of nitrogens with one attached hydrogen (secondary N) is 2. The molecule has 3 aromatic rings. The lowest BCUT2D eigenvalue weighted by atomic mass is 10.1. The van der Waals surface area contributed by atoms with E-state index >= 15 is 0 Å². The van der Waals surface area contributed by atoms with Gasteiger partial charge in [-0.25, -0.2) is 13.1 Å². The lowest BCUT2D eigenvalue weighted by Gasteiger charge is -2.25. The van der Waals surface area contributed by atoms with Crippen LogP contribution >= 0.6 is 0 Å². The lowest BCUT2D eigenvalue weighted by Crippen LogP contribution is -2.40. The van der Waals surface area contributed by atoms with Crippen LogP contribution in [-0.4, -0.2) is 66.2 Å². The van der Waals surface area contributed by atoms with Gasteiger partial charge in [-0.3, -0.25) is 4.79 Å².